The van der Waals surface area contributed by atoms with Crippen molar-refractivity contribution in [3.05, 3.63) is 0 Å². The highest BCUT2D eigenvalue weighted by Gasteiger charge is 2.25. The van der Waals surface area contributed by atoms with Crippen molar-refractivity contribution in [3.8, 4) is 0 Å². The van der Waals surface area contributed by atoms with E-state index in [1.165, 1.54) is 6.92 Å². The smallest absolute Gasteiger partial charge is 0.302 e. The lowest BCUT2D eigenvalue weighted by Crippen LogP contribution is -2.48. The maximum atomic E-state index is 10.7. The van der Waals surface area contributed by atoms with Crippen molar-refractivity contribution in [3.63, 3.8) is 0 Å². The quantitative estimate of drug-likeness (QED) is 0.501. The Kier molecular flexibility index (Phi) is 5.13. The van der Waals surface area contributed by atoms with Crippen LogP contribution in [0.5, 0.6) is 0 Å². The number of quaternary nitrogens is 1. The molecule has 0 heterocycles. The first-order valence-corrected chi connectivity index (χ1v) is 5.18. The zero-order valence-electron chi connectivity index (χ0n) is 10.3. The predicted octanol–water partition coefficient (Wildman–Crippen LogP) is 1.67. The minimum Gasteiger partial charge on any atom is -0.460 e. The van der Waals surface area contributed by atoms with Gasteiger partial charge in [-0.25, -0.2) is 0 Å². The van der Waals surface area contributed by atoms with Crippen LogP contribution in [0.25, 0.3) is 0 Å². The van der Waals surface area contributed by atoms with Crippen molar-refractivity contribution >= 4 is 5.97 Å². The monoisotopic (exact) mass is 202 g/mol. The van der Waals surface area contributed by atoms with E-state index in [2.05, 4.69) is 35.0 Å². The lowest BCUT2D eigenvalue weighted by atomic mass is 10.0. The zero-order chi connectivity index (χ0) is 11.4. The largest absolute Gasteiger partial charge is 0.460 e. The first-order valence-electron chi connectivity index (χ1n) is 5.18. The van der Waals surface area contributed by atoms with Crippen molar-refractivity contribution in [1.29, 1.82) is 0 Å². The lowest BCUT2D eigenvalue weighted by molar-refractivity contribution is -0.897. The van der Waals surface area contributed by atoms with Crippen LogP contribution in [0, 0.1) is 5.92 Å². The number of likely N-dealkylation sites (N-methyl/N-ethyl adjacent to an activating group) is 1. The minimum atomic E-state index is -0.188. The van der Waals surface area contributed by atoms with Gasteiger partial charge in [0.05, 0.1) is 21.1 Å². The van der Waals surface area contributed by atoms with E-state index in [-0.39, 0.29) is 5.97 Å². The molecule has 0 rings (SSSR count). The van der Waals surface area contributed by atoms with Crippen molar-refractivity contribution < 1.29 is 14.0 Å². The van der Waals surface area contributed by atoms with E-state index < -0.39 is 0 Å². The average Bonchev–Trinajstić information content (AvgIpc) is 1.94. The Bertz CT molecular complexity index is 182. The Labute approximate surface area is 87.6 Å². The average molecular weight is 202 g/mol. The number of rotatable bonds is 5. The molecule has 0 fully saturated rings. The summed E-state index contributed by atoms with van der Waals surface area (Å²) in [6.45, 7) is 6.37. The van der Waals surface area contributed by atoms with Gasteiger partial charge in [0.1, 0.15) is 12.6 Å². The molecule has 0 spiro atoms. The molecule has 0 aliphatic rings. The van der Waals surface area contributed by atoms with E-state index in [1.807, 2.05) is 0 Å². The molecule has 14 heavy (non-hydrogen) atoms. The van der Waals surface area contributed by atoms with Crippen LogP contribution in [-0.4, -0.2) is 44.2 Å². The highest BCUT2D eigenvalue weighted by atomic mass is 16.5. The molecule has 0 aromatic rings. The summed E-state index contributed by atoms with van der Waals surface area (Å²) in [5, 5.41) is 0. The fraction of sp³-hybridized carbons (Fsp3) is 0.909. The Balaban J connectivity index is 4.19. The Hall–Kier alpha value is -0.570. The molecule has 0 aliphatic carbocycles. The molecule has 0 saturated heterocycles. The van der Waals surface area contributed by atoms with Crippen molar-refractivity contribution in [2.45, 2.75) is 33.2 Å². The van der Waals surface area contributed by atoms with Gasteiger partial charge in [-0.1, -0.05) is 13.8 Å². The SMILES string of the molecule is CC(=O)OC[C@@H](CC(C)C)[N+](C)(C)C. The van der Waals surface area contributed by atoms with E-state index in [9.17, 15) is 4.79 Å². The summed E-state index contributed by atoms with van der Waals surface area (Å²) >= 11 is 0. The molecule has 0 aliphatic heterocycles. The molecular formula is C11H24NO2+. The summed E-state index contributed by atoms with van der Waals surface area (Å²) in [4.78, 5) is 10.7. The lowest BCUT2D eigenvalue weighted by Gasteiger charge is -2.34. The maximum Gasteiger partial charge on any atom is 0.302 e. The molecule has 0 aromatic carbocycles. The summed E-state index contributed by atoms with van der Waals surface area (Å²) in [5.74, 6) is 0.445. The Morgan fingerprint density at radius 3 is 2.07 bits per heavy atom. The summed E-state index contributed by atoms with van der Waals surface area (Å²) in [7, 11) is 6.41. The van der Waals surface area contributed by atoms with Crippen molar-refractivity contribution in [2.24, 2.45) is 5.92 Å². The summed E-state index contributed by atoms with van der Waals surface area (Å²) in [5.41, 5.74) is 0. The number of nitrogens with zero attached hydrogens (tertiary/aromatic N) is 1. The van der Waals surface area contributed by atoms with E-state index in [0.717, 1.165) is 10.9 Å². The molecular weight excluding hydrogens is 178 g/mol. The third kappa shape index (κ3) is 5.97. The van der Waals surface area contributed by atoms with E-state index in [4.69, 9.17) is 4.74 Å². The summed E-state index contributed by atoms with van der Waals surface area (Å²) in [6.07, 6.45) is 1.08. The summed E-state index contributed by atoms with van der Waals surface area (Å²) in [6, 6.07) is 0.388. The van der Waals surface area contributed by atoms with Gasteiger partial charge < -0.3 is 9.22 Å². The second-order valence-corrected chi connectivity index (χ2v) is 5.20. The molecule has 1 atom stereocenters. The third-order valence-electron chi connectivity index (χ3n) is 2.32. The van der Waals surface area contributed by atoms with Crippen molar-refractivity contribution in [2.75, 3.05) is 27.7 Å². The first-order chi connectivity index (χ1) is 6.23. The number of carbonyl (C=O) groups is 1. The Morgan fingerprint density at radius 1 is 1.29 bits per heavy atom. The fourth-order valence-electron chi connectivity index (χ4n) is 1.37. The van der Waals surface area contributed by atoms with Gasteiger partial charge in [0.25, 0.3) is 0 Å². The van der Waals surface area contributed by atoms with E-state index in [1.54, 1.807) is 0 Å². The topological polar surface area (TPSA) is 26.3 Å². The van der Waals surface area contributed by atoms with Crippen LogP contribution in [0.4, 0.5) is 0 Å². The fourth-order valence-corrected chi connectivity index (χ4v) is 1.37. The second kappa shape index (κ2) is 5.35. The Morgan fingerprint density at radius 2 is 1.79 bits per heavy atom. The highest BCUT2D eigenvalue weighted by Crippen LogP contribution is 2.14. The van der Waals surface area contributed by atoms with Crippen LogP contribution < -0.4 is 0 Å². The van der Waals surface area contributed by atoms with Gasteiger partial charge in [-0.2, -0.15) is 0 Å². The summed E-state index contributed by atoms with van der Waals surface area (Å²) < 4.78 is 5.92. The molecule has 0 aromatic heterocycles. The molecule has 0 saturated carbocycles. The molecule has 0 radical (unpaired) electrons. The number of esters is 1. The minimum absolute atomic E-state index is 0.188. The van der Waals surface area contributed by atoms with Gasteiger partial charge in [0.2, 0.25) is 0 Å². The normalized spacial score (nSPS) is 14.2. The van der Waals surface area contributed by atoms with Crippen LogP contribution in [0.1, 0.15) is 27.2 Å². The molecule has 0 N–H and O–H groups in total. The maximum absolute atomic E-state index is 10.7. The standard InChI is InChI=1S/C11H24NO2/c1-9(2)7-11(12(4,5)6)8-14-10(3)13/h9,11H,7-8H2,1-6H3/q+1/t11-/m1/s1. The van der Waals surface area contributed by atoms with E-state index >= 15 is 0 Å². The van der Waals surface area contributed by atoms with Gasteiger partial charge in [0, 0.05) is 13.3 Å². The van der Waals surface area contributed by atoms with Gasteiger partial charge in [-0.05, 0) is 5.92 Å². The predicted molar refractivity (Wildman–Crippen MR) is 57.9 cm³/mol. The van der Waals surface area contributed by atoms with Crippen LogP contribution in [0.15, 0.2) is 0 Å². The number of hydrogen-bond acceptors (Lipinski definition) is 2. The zero-order valence-corrected chi connectivity index (χ0v) is 10.3. The van der Waals surface area contributed by atoms with Crippen LogP contribution in [0.2, 0.25) is 0 Å². The molecule has 3 heteroatoms. The first kappa shape index (κ1) is 13.4. The molecule has 3 nitrogen and oxygen atoms in total. The van der Waals surface area contributed by atoms with Gasteiger partial charge in [0.15, 0.2) is 0 Å². The van der Waals surface area contributed by atoms with Crippen LogP contribution in [-0.2, 0) is 9.53 Å². The van der Waals surface area contributed by atoms with Gasteiger partial charge >= 0.3 is 5.97 Å². The van der Waals surface area contributed by atoms with Gasteiger partial charge in [-0.3, -0.25) is 4.79 Å². The highest BCUT2D eigenvalue weighted by molar-refractivity contribution is 5.65. The molecule has 0 bridgehead atoms. The molecule has 0 unspecified atom stereocenters. The number of ether oxygens (including phenoxy) is 1. The van der Waals surface area contributed by atoms with Crippen LogP contribution in [0.3, 0.4) is 0 Å². The van der Waals surface area contributed by atoms with Crippen molar-refractivity contribution in [1.82, 2.24) is 0 Å². The third-order valence-corrected chi connectivity index (χ3v) is 2.32. The second-order valence-electron chi connectivity index (χ2n) is 5.20. The van der Waals surface area contributed by atoms with Crippen LogP contribution >= 0.6 is 0 Å². The number of hydrogen-bond donors (Lipinski definition) is 0. The molecule has 84 valence electrons. The van der Waals surface area contributed by atoms with E-state index in [0.29, 0.717) is 18.6 Å². The molecule has 0 amide bonds. The van der Waals surface area contributed by atoms with Gasteiger partial charge in [-0.15, -0.1) is 0 Å². The number of carbonyl (C=O) groups excluding carboxylic acids is 1.